The number of nitrogens with two attached hydrogens (primary N) is 1. The molecule has 6 N–H and O–H groups in total. The van der Waals surface area contributed by atoms with E-state index < -0.39 is 22.9 Å². The van der Waals surface area contributed by atoms with Crippen molar-refractivity contribution in [2.75, 3.05) is 12.4 Å². The number of nitrogens with zero attached hydrogens (tertiary/aromatic N) is 3. The van der Waals surface area contributed by atoms with Crippen LogP contribution in [0.25, 0.3) is 0 Å². The Balaban J connectivity index is 1.74. The topological polar surface area (TPSA) is 176 Å². The number of hydrogen-bond acceptors (Lipinski definition) is 9. The number of amidine groups is 1. The van der Waals surface area contributed by atoms with Crippen LogP contribution in [0.15, 0.2) is 32.8 Å². The lowest BCUT2D eigenvalue weighted by Crippen LogP contribution is -2.42. The van der Waals surface area contributed by atoms with Crippen LogP contribution < -0.4 is 15.3 Å². The molecular weight excluding hydrogens is 415 g/mol. The SMILES string of the molecule is NS(=O)(=O)N[C@H](CO)CSc1nonc1C(=NC1Cc2ccc(F)cc21)NO. The third kappa shape index (κ3) is 4.84. The number of halogens is 1. The number of hydroxylamine groups is 1. The molecule has 1 aromatic heterocycles. The summed E-state index contributed by atoms with van der Waals surface area (Å²) in [6.45, 7) is -0.492. The van der Waals surface area contributed by atoms with E-state index in [1.54, 1.807) is 6.07 Å². The van der Waals surface area contributed by atoms with Gasteiger partial charge in [0.1, 0.15) is 5.82 Å². The van der Waals surface area contributed by atoms with Crippen LogP contribution in [0, 0.1) is 5.82 Å². The zero-order valence-electron chi connectivity index (χ0n) is 14.2. The minimum atomic E-state index is -3.99. The molecule has 1 heterocycles. The van der Waals surface area contributed by atoms with Crippen molar-refractivity contribution in [3.63, 3.8) is 0 Å². The first kappa shape index (κ1) is 20.6. The van der Waals surface area contributed by atoms with E-state index in [1.807, 2.05) is 5.48 Å². The second-order valence-electron chi connectivity index (χ2n) is 5.92. The van der Waals surface area contributed by atoms with Crippen molar-refractivity contribution in [3.8, 4) is 0 Å². The van der Waals surface area contributed by atoms with Crippen molar-refractivity contribution >= 4 is 27.8 Å². The number of aliphatic imine (C=N–C) groups is 1. The van der Waals surface area contributed by atoms with Gasteiger partial charge in [-0.3, -0.25) is 15.7 Å². The number of thioether (sulfide) groups is 1. The Bertz CT molecular complexity index is 982. The van der Waals surface area contributed by atoms with Crippen LogP contribution in [-0.4, -0.2) is 53.3 Å². The van der Waals surface area contributed by atoms with E-state index >= 15 is 0 Å². The highest BCUT2D eigenvalue weighted by Crippen LogP contribution is 2.37. The van der Waals surface area contributed by atoms with Crippen LogP contribution in [0.4, 0.5) is 4.39 Å². The Labute approximate surface area is 163 Å². The number of aliphatic hydroxyl groups is 1. The van der Waals surface area contributed by atoms with Crippen molar-refractivity contribution in [2.24, 2.45) is 10.1 Å². The summed E-state index contributed by atoms with van der Waals surface area (Å²) in [5.41, 5.74) is 3.68. The zero-order chi connectivity index (χ0) is 20.3. The Morgan fingerprint density at radius 2 is 2.29 bits per heavy atom. The monoisotopic (exact) mass is 432 g/mol. The molecule has 0 saturated carbocycles. The molecular formula is C14H17FN6O5S2. The maximum Gasteiger partial charge on any atom is 0.274 e. The smallest absolute Gasteiger partial charge is 0.274 e. The molecule has 0 radical (unpaired) electrons. The highest BCUT2D eigenvalue weighted by molar-refractivity contribution is 7.99. The number of fused-ring (bicyclic) bond motifs is 1. The van der Waals surface area contributed by atoms with Gasteiger partial charge in [0.2, 0.25) is 0 Å². The van der Waals surface area contributed by atoms with Crippen molar-refractivity contribution < 1.29 is 27.8 Å². The van der Waals surface area contributed by atoms with E-state index in [0.29, 0.717) is 12.0 Å². The Hall–Kier alpha value is -2.10. The zero-order valence-corrected chi connectivity index (χ0v) is 15.9. The molecule has 11 nitrogen and oxygen atoms in total. The van der Waals surface area contributed by atoms with Gasteiger partial charge in [-0.25, -0.2) is 14.2 Å². The second-order valence-corrected chi connectivity index (χ2v) is 8.26. The van der Waals surface area contributed by atoms with Gasteiger partial charge in [-0.2, -0.15) is 13.1 Å². The minimum Gasteiger partial charge on any atom is -0.395 e. The average Bonchev–Trinajstić information content (AvgIpc) is 3.09. The summed E-state index contributed by atoms with van der Waals surface area (Å²) < 4.78 is 42.3. The summed E-state index contributed by atoms with van der Waals surface area (Å²) in [6, 6.07) is 3.18. The highest BCUT2D eigenvalue weighted by atomic mass is 32.2. The predicted octanol–water partition coefficient (Wildman–Crippen LogP) is -0.522. The summed E-state index contributed by atoms with van der Waals surface area (Å²) in [7, 11) is -3.99. The summed E-state index contributed by atoms with van der Waals surface area (Å²) in [6.07, 6.45) is 0.569. The molecule has 0 spiro atoms. The van der Waals surface area contributed by atoms with E-state index in [2.05, 4.69) is 24.7 Å². The van der Waals surface area contributed by atoms with E-state index in [-0.39, 0.29) is 34.2 Å². The summed E-state index contributed by atoms with van der Waals surface area (Å²) in [5, 5.41) is 31.2. The normalized spacial score (nSPS) is 17.7. The number of nitrogens with one attached hydrogen (secondary N) is 2. The van der Waals surface area contributed by atoms with E-state index in [1.165, 1.54) is 12.1 Å². The summed E-state index contributed by atoms with van der Waals surface area (Å²) >= 11 is 1.01. The molecule has 3 rings (SSSR count). The summed E-state index contributed by atoms with van der Waals surface area (Å²) in [4.78, 5) is 4.32. The number of hydrogen-bond donors (Lipinski definition) is 5. The number of benzene rings is 1. The van der Waals surface area contributed by atoms with Gasteiger partial charge in [0.05, 0.1) is 18.7 Å². The molecule has 2 atom stereocenters. The molecule has 1 aliphatic rings. The van der Waals surface area contributed by atoms with E-state index in [9.17, 15) is 23.1 Å². The fraction of sp³-hybridized carbons (Fsp3) is 0.357. The van der Waals surface area contributed by atoms with Crippen LogP contribution in [-0.2, 0) is 16.6 Å². The summed E-state index contributed by atoms with van der Waals surface area (Å²) in [5.74, 6) is -0.359. The largest absolute Gasteiger partial charge is 0.395 e. The standard InChI is InChI=1S/C14H17FN6O5S2/c15-8-2-1-7-3-11(10(7)4-8)17-13(18-23)12-14(20-26-19-12)27-6-9(5-22)21-28(16,24)25/h1-2,4,9,11,21-23H,3,5-6H2,(H,17,18)(H2,16,24,25)/t9-,11?/m1/s1. The van der Waals surface area contributed by atoms with Crippen molar-refractivity contribution in [2.45, 2.75) is 23.5 Å². The van der Waals surface area contributed by atoms with Crippen molar-refractivity contribution in [1.82, 2.24) is 20.5 Å². The molecule has 1 aliphatic carbocycles. The lowest BCUT2D eigenvalue weighted by molar-refractivity contribution is 0.232. The first-order valence-electron chi connectivity index (χ1n) is 7.93. The van der Waals surface area contributed by atoms with Gasteiger partial charge in [0, 0.05) is 5.75 Å². The number of aliphatic hydroxyl groups excluding tert-OH is 1. The molecule has 14 heteroatoms. The molecule has 0 fully saturated rings. The van der Waals surface area contributed by atoms with Gasteiger partial charge in [0.15, 0.2) is 16.6 Å². The maximum atomic E-state index is 13.4. The molecule has 1 unspecified atom stereocenters. The van der Waals surface area contributed by atoms with E-state index in [4.69, 9.17) is 5.14 Å². The molecule has 1 aromatic carbocycles. The fourth-order valence-electron chi connectivity index (χ4n) is 2.62. The lowest BCUT2D eigenvalue weighted by atomic mass is 9.83. The first-order chi connectivity index (χ1) is 13.3. The van der Waals surface area contributed by atoms with Crippen molar-refractivity contribution in [3.05, 3.63) is 40.8 Å². The predicted molar refractivity (Wildman–Crippen MR) is 96.4 cm³/mol. The molecule has 0 bridgehead atoms. The van der Waals surface area contributed by atoms with Crippen molar-refractivity contribution in [1.29, 1.82) is 0 Å². The van der Waals surface area contributed by atoms with Gasteiger partial charge >= 0.3 is 0 Å². The average molecular weight is 432 g/mol. The van der Waals surface area contributed by atoms with Gasteiger partial charge in [-0.05, 0) is 40.0 Å². The van der Waals surface area contributed by atoms with Crippen LogP contribution in [0.1, 0.15) is 22.9 Å². The Kier molecular flexibility index (Phi) is 6.26. The molecule has 0 amide bonds. The fourth-order valence-corrected chi connectivity index (χ4v) is 4.25. The minimum absolute atomic E-state index is 0.0383. The first-order valence-corrected chi connectivity index (χ1v) is 10.5. The van der Waals surface area contributed by atoms with Crippen LogP contribution in [0.5, 0.6) is 0 Å². The highest BCUT2D eigenvalue weighted by Gasteiger charge is 2.28. The lowest BCUT2D eigenvalue weighted by Gasteiger charge is -2.27. The third-order valence-corrected chi connectivity index (χ3v) is 5.70. The second kappa shape index (κ2) is 8.50. The Morgan fingerprint density at radius 1 is 1.50 bits per heavy atom. The van der Waals surface area contributed by atoms with Gasteiger partial charge in [-0.15, -0.1) is 0 Å². The number of aromatic nitrogens is 2. The molecule has 0 aliphatic heterocycles. The quantitative estimate of drug-likeness (QED) is 0.159. The molecule has 2 aromatic rings. The molecule has 0 saturated heterocycles. The van der Waals surface area contributed by atoms with E-state index in [0.717, 1.165) is 17.3 Å². The van der Waals surface area contributed by atoms with Crippen LogP contribution >= 0.6 is 11.8 Å². The molecule has 28 heavy (non-hydrogen) atoms. The number of rotatable bonds is 8. The third-order valence-electron chi connectivity index (χ3n) is 3.93. The van der Waals surface area contributed by atoms with Crippen LogP contribution in [0.2, 0.25) is 0 Å². The molecule has 152 valence electrons. The maximum absolute atomic E-state index is 13.4. The van der Waals surface area contributed by atoms with Gasteiger partial charge in [-0.1, -0.05) is 17.8 Å². The Morgan fingerprint density at radius 3 is 2.96 bits per heavy atom. The van der Waals surface area contributed by atoms with Gasteiger partial charge < -0.3 is 5.11 Å². The van der Waals surface area contributed by atoms with Gasteiger partial charge in [0.25, 0.3) is 10.2 Å². The van der Waals surface area contributed by atoms with Crippen LogP contribution in [0.3, 0.4) is 0 Å².